The zero-order valence-corrected chi connectivity index (χ0v) is 11.5. The summed E-state index contributed by atoms with van der Waals surface area (Å²) in [5.41, 5.74) is 2.39. The quantitative estimate of drug-likeness (QED) is 0.800. The zero-order chi connectivity index (χ0) is 12.3. The third kappa shape index (κ3) is 2.21. The summed E-state index contributed by atoms with van der Waals surface area (Å²) >= 11 is 6.44. The number of aliphatic imine (C=N–C) groups is 1. The Morgan fingerprint density at radius 3 is 2.82 bits per heavy atom. The molecule has 1 saturated carbocycles. The van der Waals surface area contributed by atoms with Crippen molar-refractivity contribution in [2.24, 2.45) is 4.99 Å². The summed E-state index contributed by atoms with van der Waals surface area (Å²) in [5, 5.41) is 4.50. The molecule has 0 aromatic carbocycles. The molecule has 2 aliphatic rings. The van der Waals surface area contributed by atoms with Crippen LogP contribution in [0.3, 0.4) is 0 Å². The second-order valence-corrected chi connectivity index (χ2v) is 5.25. The van der Waals surface area contributed by atoms with Gasteiger partial charge in [0.05, 0.1) is 5.54 Å². The van der Waals surface area contributed by atoms with Gasteiger partial charge in [0.1, 0.15) is 0 Å². The molecule has 0 bridgehead atoms. The van der Waals surface area contributed by atoms with Gasteiger partial charge >= 0.3 is 0 Å². The Morgan fingerprint density at radius 1 is 1.35 bits per heavy atom. The molecule has 1 fully saturated rings. The molecule has 2 nitrogen and oxygen atoms in total. The van der Waals surface area contributed by atoms with Crippen molar-refractivity contribution in [2.45, 2.75) is 44.1 Å². The predicted molar refractivity (Wildman–Crippen MR) is 74.9 cm³/mol. The number of nitrogens with zero attached hydrogens (tertiary/aromatic N) is 1. The van der Waals surface area contributed by atoms with E-state index in [4.69, 9.17) is 11.6 Å². The topological polar surface area (TPSA) is 24.4 Å². The molecule has 0 radical (unpaired) electrons. The fraction of sp³-hybridized carbons (Fsp3) is 0.643. The largest absolute Gasteiger partial charge is 0.306 e. The molecule has 0 amide bonds. The second-order valence-electron chi connectivity index (χ2n) is 4.79. The highest BCUT2D eigenvalue weighted by Gasteiger charge is 2.40. The molecule has 0 heterocycles. The van der Waals surface area contributed by atoms with Crippen molar-refractivity contribution in [3.05, 3.63) is 22.8 Å². The first-order valence-electron chi connectivity index (χ1n) is 6.45. The van der Waals surface area contributed by atoms with Gasteiger partial charge in [0.25, 0.3) is 0 Å². The van der Waals surface area contributed by atoms with Gasteiger partial charge in [-0.2, -0.15) is 0 Å². The van der Waals surface area contributed by atoms with Crippen LogP contribution in [0, 0.1) is 0 Å². The van der Waals surface area contributed by atoms with Crippen molar-refractivity contribution in [2.75, 3.05) is 14.1 Å². The van der Waals surface area contributed by atoms with E-state index in [2.05, 4.69) is 22.5 Å². The zero-order valence-electron chi connectivity index (χ0n) is 10.7. The average Bonchev–Trinajstić information content (AvgIpc) is 2.39. The van der Waals surface area contributed by atoms with Gasteiger partial charge in [0.2, 0.25) is 0 Å². The minimum absolute atomic E-state index is 0.110. The van der Waals surface area contributed by atoms with Crippen LogP contribution in [0.25, 0.3) is 0 Å². The van der Waals surface area contributed by atoms with Gasteiger partial charge in [0.15, 0.2) is 0 Å². The number of allylic oxidation sites excluding steroid dienone is 2. The Labute approximate surface area is 109 Å². The molecule has 94 valence electrons. The van der Waals surface area contributed by atoms with Crippen LogP contribution in [0.2, 0.25) is 0 Å². The molecule has 2 aliphatic carbocycles. The summed E-state index contributed by atoms with van der Waals surface area (Å²) in [6, 6.07) is 0. The highest BCUT2D eigenvalue weighted by atomic mass is 35.5. The van der Waals surface area contributed by atoms with Crippen molar-refractivity contribution in [3.8, 4) is 0 Å². The minimum Gasteiger partial charge on any atom is -0.306 e. The predicted octanol–water partition coefficient (Wildman–Crippen LogP) is 3.43. The Morgan fingerprint density at radius 2 is 2.18 bits per heavy atom. The number of likely N-dealkylation sites (N-methyl/N-ethyl adjacent to an activating group) is 1. The maximum Gasteiger partial charge on any atom is 0.0828 e. The van der Waals surface area contributed by atoms with Crippen molar-refractivity contribution in [1.82, 2.24) is 5.32 Å². The van der Waals surface area contributed by atoms with E-state index < -0.39 is 0 Å². The van der Waals surface area contributed by atoms with Crippen molar-refractivity contribution < 1.29 is 0 Å². The van der Waals surface area contributed by atoms with E-state index in [-0.39, 0.29) is 5.54 Å². The van der Waals surface area contributed by atoms with Crippen molar-refractivity contribution in [3.63, 3.8) is 0 Å². The van der Waals surface area contributed by atoms with Crippen molar-refractivity contribution in [1.29, 1.82) is 0 Å². The van der Waals surface area contributed by atoms with Gasteiger partial charge in [-0.05, 0) is 44.7 Å². The Bertz CT molecular complexity index is 382. The average molecular weight is 253 g/mol. The first-order valence-corrected chi connectivity index (χ1v) is 6.83. The first-order chi connectivity index (χ1) is 8.24. The van der Waals surface area contributed by atoms with Crippen LogP contribution in [-0.4, -0.2) is 25.3 Å². The van der Waals surface area contributed by atoms with E-state index in [1.54, 1.807) is 0 Å². The van der Waals surface area contributed by atoms with Crippen LogP contribution >= 0.6 is 11.6 Å². The molecule has 0 saturated heterocycles. The summed E-state index contributed by atoms with van der Waals surface area (Å²) in [4.78, 5) is 4.51. The third-order valence-corrected chi connectivity index (χ3v) is 4.36. The smallest absolute Gasteiger partial charge is 0.0828 e. The lowest BCUT2D eigenvalue weighted by Gasteiger charge is -2.41. The lowest BCUT2D eigenvalue weighted by Crippen LogP contribution is -2.53. The van der Waals surface area contributed by atoms with Crippen LogP contribution in [-0.2, 0) is 0 Å². The lowest BCUT2D eigenvalue weighted by molar-refractivity contribution is 0.442. The van der Waals surface area contributed by atoms with Crippen LogP contribution < -0.4 is 5.32 Å². The molecule has 1 unspecified atom stereocenters. The summed E-state index contributed by atoms with van der Waals surface area (Å²) in [6.45, 7) is 0. The van der Waals surface area contributed by atoms with E-state index in [0.717, 1.165) is 30.7 Å². The maximum atomic E-state index is 6.44. The Balaban J connectivity index is 2.45. The Kier molecular flexibility index (Phi) is 4.05. The summed E-state index contributed by atoms with van der Waals surface area (Å²) < 4.78 is 0. The summed E-state index contributed by atoms with van der Waals surface area (Å²) in [7, 11) is 3.92. The molecule has 17 heavy (non-hydrogen) atoms. The fourth-order valence-electron chi connectivity index (χ4n) is 3.05. The molecule has 1 atom stereocenters. The molecular weight excluding hydrogens is 232 g/mol. The standard InChI is InChI=1S/C14H21ClN2/c1-16-13-9-5-6-10-14(13,17-2)11-7-3-4-8-12(11)15/h3,7,17H,4-6,8-10H2,1-2H3. The number of hydrogen-bond donors (Lipinski definition) is 1. The van der Waals surface area contributed by atoms with Gasteiger partial charge in [-0.15, -0.1) is 0 Å². The second kappa shape index (κ2) is 5.36. The highest BCUT2D eigenvalue weighted by molar-refractivity contribution is 6.30. The molecule has 0 aliphatic heterocycles. The number of hydrogen-bond acceptors (Lipinski definition) is 2. The van der Waals surface area contributed by atoms with E-state index in [9.17, 15) is 0 Å². The van der Waals surface area contributed by atoms with Crippen LogP contribution in [0.15, 0.2) is 27.7 Å². The van der Waals surface area contributed by atoms with E-state index >= 15 is 0 Å². The van der Waals surface area contributed by atoms with E-state index in [1.807, 2.05) is 14.1 Å². The van der Waals surface area contributed by atoms with Gasteiger partial charge in [0, 0.05) is 17.8 Å². The van der Waals surface area contributed by atoms with Crippen LogP contribution in [0.5, 0.6) is 0 Å². The van der Waals surface area contributed by atoms with Crippen LogP contribution in [0.1, 0.15) is 38.5 Å². The van der Waals surface area contributed by atoms with E-state index in [0.29, 0.717) is 0 Å². The molecule has 0 aromatic rings. The molecule has 2 rings (SSSR count). The maximum absolute atomic E-state index is 6.44. The SMILES string of the molecule is CN=C1CCCCC1(NC)C1=C(Cl)CCC=C1. The minimum atomic E-state index is -0.110. The van der Waals surface area contributed by atoms with Gasteiger partial charge < -0.3 is 5.32 Å². The van der Waals surface area contributed by atoms with Crippen LogP contribution in [0.4, 0.5) is 0 Å². The first kappa shape index (κ1) is 12.8. The van der Waals surface area contributed by atoms with E-state index in [1.165, 1.54) is 24.1 Å². The van der Waals surface area contributed by atoms with Gasteiger partial charge in [-0.3, -0.25) is 4.99 Å². The highest BCUT2D eigenvalue weighted by Crippen LogP contribution is 2.38. The van der Waals surface area contributed by atoms with Crippen molar-refractivity contribution >= 4 is 17.3 Å². The summed E-state index contributed by atoms with van der Waals surface area (Å²) in [6.07, 6.45) is 11.1. The monoisotopic (exact) mass is 252 g/mol. The molecule has 3 heteroatoms. The number of nitrogens with one attached hydrogen (secondary N) is 1. The Hall–Kier alpha value is -0.600. The molecule has 0 spiro atoms. The molecular formula is C14H21ClN2. The molecule has 1 N–H and O–H groups in total. The summed E-state index contributed by atoms with van der Waals surface area (Å²) in [5.74, 6) is 0. The van der Waals surface area contributed by atoms with Gasteiger partial charge in [-0.1, -0.05) is 30.2 Å². The normalized spacial score (nSPS) is 32.3. The van der Waals surface area contributed by atoms with Gasteiger partial charge in [-0.25, -0.2) is 0 Å². The number of halogens is 1. The fourth-order valence-corrected chi connectivity index (χ4v) is 3.38. The number of rotatable bonds is 2. The molecule has 0 aromatic heterocycles. The lowest BCUT2D eigenvalue weighted by atomic mass is 9.73. The third-order valence-electron chi connectivity index (χ3n) is 3.97.